The fourth-order valence-electron chi connectivity index (χ4n) is 4.05. The van der Waals surface area contributed by atoms with E-state index in [4.69, 9.17) is 23.2 Å². The van der Waals surface area contributed by atoms with Crippen LogP contribution in [0, 0.1) is 0 Å². The van der Waals surface area contributed by atoms with E-state index < -0.39 is 0 Å². The van der Waals surface area contributed by atoms with Gasteiger partial charge in [-0.15, -0.1) is 0 Å². The molecule has 0 saturated carbocycles. The molecule has 7 heteroatoms. The Kier molecular flexibility index (Phi) is 5.56. The highest BCUT2D eigenvalue weighted by Gasteiger charge is 2.37. The topological polar surface area (TPSA) is 52.7 Å². The summed E-state index contributed by atoms with van der Waals surface area (Å²) >= 11 is 12.7. The Morgan fingerprint density at radius 3 is 2.60 bits per heavy atom. The summed E-state index contributed by atoms with van der Waals surface area (Å²) in [6.07, 6.45) is 2.70. The minimum Gasteiger partial charge on any atom is -0.331 e. The van der Waals surface area contributed by atoms with Gasteiger partial charge in [0.1, 0.15) is 0 Å². The van der Waals surface area contributed by atoms with Crippen LogP contribution in [-0.2, 0) is 9.59 Å². The monoisotopic (exact) mass is 383 g/mol. The molecule has 0 bridgehead atoms. The molecule has 136 valence electrons. The summed E-state index contributed by atoms with van der Waals surface area (Å²) in [7, 11) is 0. The molecule has 1 saturated heterocycles. The Labute approximate surface area is 158 Å². The highest BCUT2D eigenvalue weighted by atomic mass is 35.5. The molecule has 0 aromatic heterocycles. The van der Waals surface area contributed by atoms with Gasteiger partial charge in [-0.1, -0.05) is 23.2 Å². The van der Waals surface area contributed by atoms with Crippen LogP contribution in [0.25, 0.3) is 0 Å². The number of halogens is 2. The molecule has 2 unspecified atom stereocenters. The van der Waals surface area contributed by atoms with Crippen molar-refractivity contribution in [3.8, 4) is 0 Å². The number of nitrogens with zero attached hydrogens (tertiary/aromatic N) is 2. The maximum absolute atomic E-state index is 12.5. The highest BCUT2D eigenvalue weighted by molar-refractivity contribution is 6.37. The van der Waals surface area contributed by atoms with Crippen LogP contribution in [0.1, 0.15) is 44.7 Å². The number of carbonyl (C=O) groups excluding carboxylic acids is 2. The molecule has 25 heavy (non-hydrogen) atoms. The van der Waals surface area contributed by atoms with Gasteiger partial charge in [0.25, 0.3) is 0 Å². The summed E-state index contributed by atoms with van der Waals surface area (Å²) < 4.78 is 0. The summed E-state index contributed by atoms with van der Waals surface area (Å²) in [4.78, 5) is 28.2. The highest BCUT2D eigenvalue weighted by Crippen LogP contribution is 2.44. The molecule has 0 spiro atoms. The average molecular weight is 384 g/mol. The first-order chi connectivity index (χ1) is 11.9. The van der Waals surface area contributed by atoms with Gasteiger partial charge in [0.05, 0.1) is 16.8 Å². The van der Waals surface area contributed by atoms with Gasteiger partial charge < -0.3 is 15.1 Å². The first kappa shape index (κ1) is 18.5. The van der Waals surface area contributed by atoms with Gasteiger partial charge in [-0.05, 0) is 37.9 Å². The Bertz CT molecular complexity index is 689. The number of carbonyl (C=O) groups is 2. The number of amides is 2. The van der Waals surface area contributed by atoms with Gasteiger partial charge in [0, 0.05) is 43.6 Å². The van der Waals surface area contributed by atoms with Crippen LogP contribution < -0.4 is 10.2 Å². The Morgan fingerprint density at radius 1 is 1.24 bits per heavy atom. The molecule has 2 aliphatic heterocycles. The zero-order valence-corrected chi connectivity index (χ0v) is 16.0. The standard InChI is InChI=1S/C18H23Cl2N3O2/c1-11(24)22-7-5-17(15-8-13(19)9-16(20)18(15)22)23(12(2)25)14-4-3-6-21-10-14/h8-9,14,17,21H,3-7,10H2,1-2H3. The molecule has 1 fully saturated rings. The fourth-order valence-corrected chi connectivity index (χ4v) is 4.66. The lowest BCUT2D eigenvalue weighted by molar-refractivity contribution is -0.134. The molecule has 1 N–H and O–H groups in total. The van der Waals surface area contributed by atoms with Gasteiger partial charge in [0.2, 0.25) is 11.8 Å². The second-order valence-electron chi connectivity index (χ2n) is 6.73. The maximum Gasteiger partial charge on any atom is 0.223 e. The summed E-state index contributed by atoms with van der Waals surface area (Å²) in [5.41, 5.74) is 1.55. The second-order valence-corrected chi connectivity index (χ2v) is 7.57. The largest absolute Gasteiger partial charge is 0.331 e. The number of hydrogen-bond donors (Lipinski definition) is 1. The van der Waals surface area contributed by atoms with Crippen molar-refractivity contribution in [2.75, 3.05) is 24.5 Å². The first-order valence-corrected chi connectivity index (χ1v) is 9.42. The van der Waals surface area contributed by atoms with E-state index in [2.05, 4.69) is 5.32 Å². The van der Waals surface area contributed by atoms with E-state index >= 15 is 0 Å². The third kappa shape index (κ3) is 3.64. The number of nitrogens with one attached hydrogen (secondary N) is 1. The third-order valence-corrected chi connectivity index (χ3v) is 5.56. The van der Waals surface area contributed by atoms with Gasteiger partial charge in [0.15, 0.2) is 0 Å². The van der Waals surface area contributed by atoms with Crippen molar-refractivity contribution in [3.63, 3.8) is 0 Å². The van der Waals surface area contributed by atoms with Crippen molar-refractivity contribution in [3.05, 3.63) is 27.7 Å². The van der Waals surface area contributed by atoms with Gasteiger partial charge in [-0.25, -0.2) is 0 Å². The van der Waals surface area contributed by atoms with Crippen molar-refractivity contribution < 1.29 is 9.59 Å². The predicted octanol–water partition coefficient (Wildman–Crippen LogP) is 3.39. The smallest absolute Gasteiger partial charge is 0.223 e. The molecule has 2 heterocycles. The number of fused-ring (bicyclic) bond motifs is 1. The van der Waals surface area contributed by atoms with Crippen LogP contribution in [0.3, 0.4) is 0 Å². The molecule has 3 rings (SSSR count). The van der Waals surface area contributed by atoms with E-state index in [1.165, 1.54) is 6.92 Å². The van der Waals surface area contributed by atoms with Crippen LogP contribution in [0.4, 0.5) is 5.69 Å². The SMILES string of the molecule is CC(=O)N1CCC(N(C(C)=O)C2CCCNC2)c2cc(Cl)cc(Cl)c21. The minimum atomic E-state index is -0.121. The number of benzene rings is 1. The zero-order valence-electron chi connectivity index (χ0n) is 14.5. The van der Waals surface area contributed by atoms with Gasteiger partial charge >= 0.3 is 0 Å². The van der Waals surface area contributed by atoms with Gasteiger partial charge in [-0.3, -0.25) is 9.59 Å². The van der Waals surface area contributed by atoms with Crippen LogP contribution in [-0.4, -0.2) is 42.4 Å². The molecule has 2 aliphatic rings. The molecule has 1 aromatic carbocycles. The number of anilines is 1. The van der Waals surface area contributed by atoms with E-state index in [0.29, 0.717) is 28.7 Å². The third-order valence-electron chi connectivity index (χ3n) is 5.06. The molecule has 0 aliphatic carbocycles. The summed E-state index contributed by atoms with van der Waals surface area (Å²) in [6, 6.07) is 3.52. The molecule has 2 atom stereocenters. The number of piperidine rings is 1. The van der Waals surface area contributed by atoms with E-state index in [9.17, 15) is 9.59 Å². The van der Waals surface area contributed by atoms with Crippen LogP contribution >= 0.6 is 23.2 Å². The number of rotatable bonds is 2. The Balaban J connectivity index is 2.06. The lowest BCUT2D eigenvalue weighted by atomic mass is 9.92. The Morgan fingerprint density at radius 2 is 2.00 bits per heavy atom. The molecule has 1 aromatic rings. The van der Waals surface area contributed by atoms with E-state index in [1.54, 1.807) is 17.9 Å². The maximum atomic E-state index is 12.5. The van der Waals surface area contributed by atoms with Crippen molar-refractivity contribution in [1.82, 2.24) is 10.2 Å². The number of hydrogen-bond acceptors (Lipinski definition) is 3. The van der Waals surface area contributed by atoms with Crippen LogP contribution in [0.2, 0.25) is 10.0 Å². The molecular formula is C18H23Cl2N3O2. The van der Waals surface area contributed by atoms with E-state index in [0.717, 1.165) is 31.5 Å². The van der Waals surface area contributed by atoms with E-state index in [1.807, 2.05) is 11.0 Å². The summed E-state index contributed by atoms with van der Waals surface area (Å²) in [6.45, 7) is 5.45. The lowest BCUT2D eigenvalue weighted by Crippen LogP contribution is -2.51. The normalized spacial score (nSPS) is 23.1. The van der Waals surface area contributed by atoms with Gasteiger partial charge in [-0.2, -0.15) is 0 Å². The second kappa shape index (κ2) is 7.52. The minimum absolute atomic E-state index is 0.0389. The fraction of sp³-hybridized carbons (Fsp3) is 0.556. The van der Waals surface area contributed by atoms with E-state index in [-0.39, 0.29) is 23.9 Å². The van der Waals surface area contributed by atoms with Crippen molar-refractivity contribution in [2.24, 2.45) is 0 Å². The predicted molar refractivity (Wildman–Crippen MR) is 100 cm³/mol. The van der Waals surface area contributed by atoms with Crippen molar-refractivity contribution in [2.45, 2.75) is 45.2 Å². The first-order valence-electron chi connectivity index (χ1n) is 8.66. The van der Waals surface area contributed by atoms with Crippen molar-refractivity contribution >= 4 is 40.7 Å². The molecule has 5 nitrogen and oxygen atoms in total. The molecule has 2 amide bonds. The average Bonchev–Trinajstić information content (AvgIpc) is 2.55. The quantitative estimate of drug-likeness (QED) is 0.851. The lowest BCUT2D eigenvalue weighted by Gasteiger charge is -2.44. The summed E-state index contributed by atoms with van der Waals surface area (Å²) in [5, 5.41) is 4.34. The molecular weight excluding hydrogens is 361 g/mol. The summed E-state index contributed by atoms with van der Waals surface area (Å²) in [5.74, 6) is -0.0188. The van der Waals surface area contributed by atoms with Crippen LogP contribution in [0.15, 0.2) is 12.1 Å². The van der Waals surface area contributed by atoms with Crippen LogP contribution in [0.5, 0.6) is 0 Å². The Hall–Kier alpha value is -1.30. The van der Waals surface area contributed by atoms with Crippen molar-refractivity contribution in [1.29, 1.82) is 0 Å². The molecule has 0 radical (unpaired) electrons. The zero-order chi connectivity index (χ0) is 18.1.